The summed E-state index contributed by atoms with van der Waals surface area (Å²) in [6.07, 6.45) is 5.19. The van der Waals surface area contributed by atoms with Crippen molar-refractivity contribution in [3.63, 3.8) is 0 Å². The predicted octanol–water partition coefficient (Wildman–Crippen LogP) is 4.71. The number of furan rings is 1. The Balaban J connectivity index is 1.88. The smallest absolute Gasteiger partial charge is 0.294 e. The third kappa shape index (κ3) is 6.17. The van der Waals surface area contributed by atoms with Gasteiger partial charge in [0.2, 0.25) is 17.6 Å². The van der Waals surface area contributed by atoms with Crippen LogP contribution in [0.2, 0.25) is 0 Å². The molecule has 3 aromatic rings. The van der Waals surface area contributed by atoms with Crippen LogP contribution in [0.25, 0.3) is 0 Å². The quantitative estimate of drug-likeness (QED) is 0.386. The van der Waals surface area contributed by atoms with Gasteiger partial charge in [0, 0.05) is 24.3 Å². The molecular weight excluding hydrogens is 502 g/mol. The maximum Gasteiger partial charge on any atom is 0.294 e. The van der Waals surface area contributed by atoms with Gasteiger partial charge in [-0.1, -0.05) is 12.8 Å². The zero-order chi connectivity index (χ0) is 27.9. The summed E-state index contributed by atoms with van der Waals surface area (Å²) in [5, 5.41) is 5.85. The zero-order valence-corrected chi connectivity index (χ0v) is 22.5. The number of amides is 3. The molecule has 0 saturated heterocycles. The van der Waals surface area contributed by atoms with E-state index < -0.39 is 11.9 Å². The number of nitrogens with zero attached hydrogens (tertiary/aromatic N) is 1. The van der Waals surface area contributed by atoms with Crippen molar-refractivity contribution in [3.05, 3.63) is 66.1 Å². The minimum atomic E-state index is -1.12. The van der Waals surface area contributed by atoms with Crippen LogP contribution in [0.15, 0.2) is 59.2 Å². The molecule has 10 nitrogen and oxygen atoms in total. The number of benzene rings is 2. The molecule has 39 heavy (non-hydrogen) atoms. The van der Waals surface area contributed by atoms with Crippen LogP contribution in [0.3, 0.4) is 0 Å². The van der Waals surface area contributed by atoms with Gasteiger partial charge in [-0.2, -0.15) is 0 Å². The van der Waals surface area contributed by atoms with Crippen LogP contribution >= 0.6 is 0 Å². The van der Waals surface area contributed by atoms with Gasteiger partial charge in [-0.05, 0) is 66.9 Å². The second-order valence-corrected chi connectivity index (χ2v) is 9.23. The molecule has 1 fully saturated rings. The lowest BCUT2D eigenvalue weighted by atomic mass is 10.0. The molecule has 0 bridgehead atoms. The highest BCUT2D eigenvalue weighted by Gasteiger charge is 2.37. The number of methoxy groups -OCH3 is 3. The van der Waals surface area contributed by atoms with E-state index in [-0.39, 0.29) is 23.6 Å². The van der Waals surface area contributed by atoms with E-state index >= 15 is 0 Å². The zero-order valence-electron chi connectivity index (χ0n) is 22.5. The Hall–Kier alpha value is -4.47. The summed E-state index contributed by atoms with van der Waals surface area (Å²) >= 11 is 0. The van der Waals surface area contributed by atoms with Gasteiger partial charge in [0.1, 0.15) is 6.04 Å². The summed E-state index contributed by atoms with van der Waals surface area (Å²) in [5.41, 5.74) is 1.42. The van der Waals surface area contributed by atoms with E-state index in [1.54, 1.807) is 48.5 Å². The van der Waals surface area contributed by atoms with Crippen LogP contribution < -0.4 is 29.7 Å². The number of rotatable bonds is 10. The van der Waals surface area contributed by atoms with Crippen LogP contribution in [0, 0.1) is 0 Å². The maximum absolute atomic E-state index is 14.0. The SMILES string of the molecule is COc1cc([C@@H](C(=O)NC2CCCC2)N(C(=O)c2ccco2)c2ccc(NC(C)=O)cc2)cc(OC)c1OC. The predicted molar refractivity (Wildman–Crippen MR) is 146 cm³/mol. The molecule has 206 valence electrons. The molecular formula is C29H33N3O7. The number of anilines is 2. The van der Waals surface area contributed by atoms with Crippen molar-refractivity contribution in [1.29, 1.82) is 0 Å². The van der Waals surface area contributed by atoms with Crippen molar-refractivity contribution < 1.29 is 33.0 Å². The molecule has 0 unspecified atom stereocenters. The molecule has 1 heterocycles. The lowest BCUT2D eigenvalue weighted by Gasteiger charge is -2.32. The average molecular weight is 536 g/mol. The fourth-order valence-electron chi connectivity index (χ4n) is 4.84. The topological polar surface area (TPSA) is 119 Å². The second-order valence-electron chi connectivity index (χ2n) is 9.23. The van der Waals surface area contributed by atoms with Crippen LogP contribution in [0.4, 0.5) is 11.4 Å². The van der Waals surface area contributed by atoms with Crippen molar-refractivity contribution in [2.75, 3.05) is 31.5 Å². The Morgan fingerprint density at radius 2 is 1.59 bits per heavy atom. The van der Waals surface area contributed by atoms with Gasteiger partial charge >= 0.3 is 0 Å². The number of nitrogens with one attached hydrogen (secondary N) is 2. The van der Waals surface area contributed by atoms with Gasteiger partial charge in [0.15, 0.2) is 17.3 Å². The van der Waals surface area contributed by atoms with Crippen molar-refractivity contribution >= 4 is 29.1 Å². The van der Waals surface area contributed by atoms with Crippen molar-refractivity contribution in [1.82, 2.24) is 5.32 Å². The van der Waals surface area contributed by atoms with Gasteiger partial charge < -0.3 is 29.3 Å². The molecule has 3 amide bonds. The van der Waals surface area contributed by atoms with Gasteiger partial charge in [0.25, 0.3) is 5.91 Å². The highest BCUT2D eigenvalue weighted by atomic mass is 16.5. The molecule has 0 aliphatic heterocycles. The largest absolute Gasteiger partial charge is 0.493 e. The van der Waals surface area contributed by atoms with E-state index in [9.17, 15) is 14.4 Å². The average Bonchev–Trinajstić information content (AvgIpc) is 3.65. The fraction of sp³-hybridized carbons (Fsp3) is 0.345. The third-order valence-corrected chi connectivity index (χ3v) is 6.63. The minimum absolute atomic E-state index is 0.00440. The molecule has 0 spiro atoms. The summed E-state index contributed by atoms with van der Waals surface area (Å²) in [7, 11) is 4.47. The monoisotopic (exact) mass is 535 g/mol. The van der Waals surface area contributed by atoms with Crippen LogP contribution in [0.1, 0.15) is 54.8 Å². The molecule has 1 atom stereocenters. The van der Waals surface area contributed by atoms with Crippen LogP contribution in [-0.4, -0.2) is 45.1 Å². The van der Waals surface area contributed by atoms with E-state index in [1.165, 1.54) is 39.4 Å². The molecule has 0 radical (unpaired) electrons. The highest BCUT2D eigenvalue weighted by Crippen LogP contribution is 2.42. The van der Waals surface area contributed by atoms with E-state index in [0.717, 1.165) is 25.7 Å². The van der Waals surface area contributed by atoms with E-state index in [2.05, 4.69) is 10.6 Å². The van der Waals surface area contributed by atoms with Gasteiger partial charge in [0.05, 0.1) is 27.6 Å². The van der Waals surface area contributed by atoms with Crippen molar-refractivity contribution in [2.45, 2.75) is 44.7 Å². The molecule has 1 aliphatic carbocycles. The summed E-state index contributed by atoms with van der Waals surface area (Å²) in [4.78, 5) is 40.9. The molecule has 10 heteroatoms. The fourth-order valence-corrected chi connectivity index (χ4v) is 4.84. The first-order valence-electron chi connectivity index (χ1n) is 12.7. The number of hydrogen-bond acceptors (Lipinski definition) is 7. The maximum atomic E-state index is 14.0. The Kier molecular flexibility index (Phi) is 8.75. The van der Waals surface area contributed by atoms with Gasteiger partial charge in [-0.15, -0.1) is 0 Å². The van der Waals surface area contributed by atoms with Crippen molar-refractivity contribution in [3.8, 4) is 17.2 Å². The summed E-state index contributed by atoms with van der Waals surface area (Å²) in [6, 6.07) is 12.0. The van der Waals surface area contributed by atoms with E-state index in [0.29, 0.717) is 34.2 Å². The van der Waals surface area contributed by atoms with Gasteiger partial charge in [-0.25, -0.2) is 0 Å². The summed E-state index contributed by atoms with van der Waals surface area (Å²) < 4.78 is 22.0. The third-order valence-electron chi connectivity index (χ3n) is 6.63. The Bertz CT molecular complexity index is 1270. The number of carbonyl (C=O) groups is 3. The van der Waals surface area contributed by atoms with E-state index in [1.807, 2.05) is 0 Å². The minimum Gasteiger partial charge on any atom is -0.493 e. The first kappa shape index (κ1) is 27.6. The Morgan fingerprint density at radius 3 is 2.10 bits per heavy atom. The molecule has 1 aliphatic rings. The second kappa shape index (κ2) is 12.4. The number of carbonyl (C=O) groups excluding carboxylic acids is 3. The van der Waals surface area contributed by atoms with Crippen LogP contribution in [0.5, 0.6) is 17.2 Å². The van der Waals surface area contributed by atoms with E-state index in [4.69, 9.17) is 18.6 Å². The Labute approximate surface area is 227 Å². The normalized spacial score (nSPS) is 13.8. The first-order chi connectivity index (χ1) is 18.9. The van der Waals surface area contributed by atoms with Gasteiger partial charge in [-0.3, -0.25) is 19.3 Å². The molecule has 1 saturated carbocycles. The standard InChI is InChI=1S/C29H33N3O7/c1-18(33)30-21-11-13-22(14-12-21)32(29(35)23-10-7-15-39-23)26(28(34)31-20-8-5-6-9-20)19-16-24(36-2)27(38-4)25(17-19)37-3/h7,10-17,20,26H,5-6,8-9H2,1-4H3,(H,30,33)(H,31,34)/t26-/m0/s1. The lowest BCUT2D eigenvalue weighted by Crippen LogP contribution is -2.46. The molecule has 2 N–H and O–H groups in total. The Morgan fingerprint density at radius 1 is 0.949 bits per heavy atom. The highest BCUT2D eigenvalue weighted by molar-refractivity contribution is 6.09. The number of hydrogen-bond donors (Lipinski definition) is 2. The summed E-state index contributed by atoms with van der Waals surface area (Å²) in [6.45, 7) is 1.41. The first-order valence-corrected chi connectivity index (χ1v) is 12.7. The molecule has 4 rings (SSSR count). The van der Waals surface area contributed by atoms with Crippen LogP contribution in [-0.2, 0) is 9.59 Å². The summed E-state index contributed by atoms with van der Waals surface area (Å²) in [5.74, 6) is 0.00952. The molecule has 1 aromatic heterocycles. The number of ether oxygens (including phenoxy) is 3. The van der Waals surface area contributed by atoms with Crippen molar-refractivity contribution in [2.24, 2.45) is 0 Å². The molecule has 2 aromatic carbocycles. The lowest BCUT2D eigenvalue weighted by molar-refractivity contribution is -0.123.